The van der Waals surface area contributed by atoms with Crippen LogP contribution in [0.4, 0.5) is 5.69 Å². The van der Waals surface area contributed by atoms with E-state index in [0.29, 0.717) is 16.9 Å². The van der Waals surface area contributed by atoms with Gasteiger partial charge in [-0.25, -0.2) is 0 Å². The summed E-state index contributed by atoms with van der Waals surface area (Å²) in [4.78, 5) is 23.2. The van der Waals surface area contributed by atoms with Gasteiger partial charge >= 0.3 is 0 Å². The molecule has 1 N–H and O–H groups in total. The van der Waals surface area contributed by atoms with Crippen LogP contribution in [-0.4, -0.2) is 31.6 Å². The summed E-state index contributed by atoms with van der Waals surface area (Å²) in [6, 6.07) is 10.0. The second-order valence-corrected chi connectivity index (χ2v) is 6.72. The number of carbonyl (C=O) groups is 1. The highest BCUT2D eigenvalue weighted by atomic mass is 79.9. The number of halogens is 1. The van der Waals surface area contributed by atoms with Crippen molar-refractivity contribution in [1.82, 2.24) is 5.32 Å². The number of fused-ring (bicyclic) bond motifs is 1. The second-order valence-electron chi connectivity index (χ2n) is 5.87. The monoisotopic (exact) mass is 448 g/mol. The fourth-order valence-corrected chi connectivity index (χ4v) is 3.28. The van der Waals surface area contributed by atoms with Crippen LogP contribution in [0.5, 0.6) is 11.5 Å². The molecule has 28 heavy (non-hydrogen) atoms. The molecule has 8 nitrogen and oxygen atoms in total. The summed E-state index contributed by atoms with van der Waals surface area (Å²) in [6.45, 7) is 0.188. The van der Waals surface area contributed by atoms with Gasteiger partial charge in [-0.3, -0.25) is 14.9 Å². The lowest BCUT2D eigenvalue weighted by Gasteiger charge is -2.10. The predicted molar refractivity (Wildman–Crippen MR) is 106 cm³/mol. The standard InChI is InChI=1S/C19H17BrN2O6/c1-26-15-8-11(14(22(24)25)10-16(15)27-2)6-7-21-19(23)17-9-12-4-3-5-13(20)18(12)28-17/h3-5,8-10H,6-7H2,1-2H3,(H,21,23). The number of nitro groups is 1. The molecule has 0 aliphatic rings. The van der Waals surface area contributed by atoms with Crippen molar-refractivity contribution in [2.45, 2.75) is 6.42 Å². The summed E-state index contributed by atoms with van der Waals surface area (Å²) in [5, 5.41) is 14.9. The van der Waals surface area contributed by atoms with Gasteiger partial charge in [0.2, 0.25) is 0 Å². The van der Waals surface area contributed by atoms with E-state index < -0.39 is 10.8 Å². The van der Waals surface area contributed by atoms with Crippen molar-refractivity contribution in [3.63, 3.8) is 0 Å². The highest BCUT2D eigenvalue weighted by molar-refractivity contribution is 9.10. The van der Waals surface area contributed by atoms with Crippen LogP contribution < -0.4 is 14.8 Å². The molecule has 0 spiro atoms. The fraction of sp³-hybridized carbons (Fsp3) is 0.211. The van der Waals surface area contributed by atoms with E-state index in [-0.39, 0.29) is 30.2 Å². The van der Waals surface area contributed by atoms with Crippen LogP contribution in [-0.2, 0) is 6.42 Å². The Kier molecular flexibility index (Phi) is 5.84. The Balaban J connectivity index is 1.74. The minimum atomic E-state index is -0.490. The van der Waals surface area contributed by atoms with Gasteiger partial charge in [0.15, 0.2) is 17.3 Å². The van der Waals surface area contributed by atoms with Gasteiger partial charge in [0, 0.05) is 17.5 Å². The number of para-hydroxylation sites is 1. The molecule has 0 unspecified atom stereocenters. The molecular weight excluding hydrogens is 432 g/mol. The molecule has 0 atom stereocenters. The maximum absolute atomic E-state index is 12.4. The SMILES string of the molecule is COc1cc(CCNC(=O)c2cc3cccc(Br)c3o2)c([N+](=O)[O-])cc1OC. The van der Waals surface area contributed by atoms with Crippen molar-refractivity contribution in [3.8, 4) is 11.5 Å². The molecular formula is C19H17BrN2O6. The fourth-order valence-electron chi connectivity index (χ4n) is 2.82. The molecule has 0 aliphatic heterocycles. The van der Waals surface area contributed by atoms with E-state index in [9.17, 15) is 14.9 Å². The maximum Gasteiger partial charge on any atom is 0.287 e. The van der Waals surface area contributed by atoms with Gasteiger partial charge < -0.3 is 19.2 Å². The van der Waals surface area contributed by atoms with Gasteiger partial charge in [-0.2, -0.15) is 0 Å². The van der Waals surface area contributed by atoms with Crippen LogP contribution in [0.15, 0.2) is 45.3 Å². The summed E-state index contributed by atoms with van der Waals surface area (Å²) < 4.78 is 16.6. The van der Waals surface area contributed by atoms with E-state index in [0.717, 1.165) is 9.86 Å². The van der Waals surface area contributed by atoms with E-state index >= 15 is 0 Å². The van der Waals surface area contributed by atoms with E-state index in [1.165, 1.54) is 20.3 Å². The Morgan fingerprint density at radius 1 is 1.21 bits per heavy atom. The van der Waals surface area contributed by atoms with Gasteiger partial charge in [0.1, 0.15) is 5.58 Å². The van der Waals surface area contributed by atoms with Crippen LogP contribution in [0.1, 0.15) is 16.1 Å². The lowest BCUT2D eigenvalue weighted by atomic mass is 10.1. The van der Waals surface area contributed by atoms with Crippen LogP contribution >= 0.6 is 15.9 Å². The number of rotatable bonds is 7. The number of carbonyl (C=O) groups excluding carboxylic acids is 1. The highest BCUT2D eigenvalue weighted by Crippen LogP contribution is 2.34. The van der Waals surface area contributed by atoms with Gasteiger partial charge in [0.05, 0.1) is 29.7 Å². The maximum atomic E-state index is 12.4. The first kappa shape index (κ1) is 19.7. The normalized spacial score (nSPS) is 10.7. The highest BCUT2D eigenvalue weighted by Gasteiger charge is 2.20. The summed E-state index contributed by atoms with van der Waals surface area (Å²) in [5.41, 5.74) is 0.915. The number of methoxy groups -OCH3 is 2. The number of nitrogens with one attached hydrogen (secondary N) is 1. The third kappa shape index (κ3) is 3.94. The molecule has 1 aromatic heterocycles. The number of furan rings is 1. The number of nitrogens with zero attached hydrogens (tertiary/aromatic N) is 1. The average molecular weight is 449 g/mol. The van der Waals surface area contributed by atoms with Gasteiger partial charge in [0.25, 0.3) is 11.6 Å². The molecule has 3 aromatic rings. The van der Waals surface area contributed by atoms with Crippen LogP contribution in [0, 0.1) is 10.1 Å². The molecule has 0 bridgehead atoms. The van der Waals surface area contributed by atoms with E-state index in [4.69, 9.17) is 13.9 Å². The van der Waals surface area contributed by atoms with E-state index in [2.05, 4.69) is 21.2 Å². The van der Waals surface area contributed by atoms with Crippen LogP contribution in [0.2, 0.25) is 0 Å². The lowest BCUT2D eigenvalue weighted by molar-refractivity contribution is -0.385. The number of nitro benzene ring substituents is 1. The largest absolute Gasteiger partial charge is 0.493 e. The zero-order chi connectivity index (χ0) is 20.3. The van der Waals surface area contributed by atoms with Crippen LogP contribution in [0.3, 0.4) is 0 Å². The molecule has 0 saturated heterocycles. The van der Waals surface area contributed by atoms with Crippen molar-refractivity contribution in [2.24, 2.45) is 0 Å². The lowest BCUT2D eigenvalue weighted by Crippen LogP contribution is -2.25. The third-order valence-corrected chi connectivity index (χ3v) is 4.81. The molecule has 2 aromatic carbocycles. The Hall–Kier alpha value is -3.07. The number of amides is 1. The van der Waals surface area contributed by atoms with Crippen molar-refractivity contribution in [2.75, 3.05) is 20.8 Å². The van der Waals surface area contributed by atoms with Crippen molar-refractivity contribution >= 4 is 38.5 Å². The van der Waals surface area contributed by atoms with Crippen molar-refractivity contribution in [3.05, 3.63) is 62.3 Å². The van der Waals surface area contributed by atoms with Gasteiger partial charge in [-0.05, 0) is 40.5 Å². The molecule has 1 heterocycles. The van der Waals surface area contributed by atoms with Crippen molar-refractivity contribution < 1.29 is 23.6 Å². The first-order valence-electron chi connectivity index (χ1n) is 8.30. The number of hydrogen-bond donors (Lipinski definition) is 1. The molecule has 0 fully saturated rings. The first-order valence-corrected chi connectivity index (χ1v) is 9.09. The average Bonchev–Trinajstić information content (AvgIpc) is 3.13. The third-order valence-electron chi connectivity index (χ3n) is 4.18. The van der Waals surface area contributed by atoms with E-state index in [1.54, 1.807) is 12.1 Å². The number of benzene rings is 2. The molecule has 3 rings (SSSR count). The topological polar surface area (TPSA) is 104 Å². The van der Waals surface area contributed by atoms with Crippen molar-refractivity contribution in [1.29, 1.82) is 0 Å². The Bertz CT molecular complexity index is 1050. The molecule has 0 radical (unpaired) electrons. The predicted octanol–water partition coefficient (Wildman–Crippen LogP) is 4.09. The summed E-state index contributed by atoms with van der Waals surface area (Å²) >= 11 is 3.38. The van der Waals surface area contributed by atoms with Crippen LogP contribution in [0.25, 0.3) is 11.0 Å². The quantitative estimate of drug-likeness (QED) is 0.431. The smallest absolute Gasteiger partial charge is 0.287 e. The van der Waals surface area contributed by atoms with Gasteiger partial charge in [-0.1, -0.05) is 12.1 Å². The minimum absolute atomic E-state index is 0.0976. The molecule has 9 heteroatoms. The molecule has 146 valence electrons. The zero-order valence-corrected chi connectivity index (χ0v) is 16.7. The Labute approximate surface area is 168 Å². The summed E-state index contributed by atoms with van der Waals surface area (Å²) in [7, 11) is 2.86. The first-order chi connectivity index (χ1) is 13.4. The Morgan fingerprint density at radius 3 is 2.57 bits per heavy atom. The second kappa shape index (κ2) is 8.30. The van der Waals surface area contributed by atoms with E-state index in [1.807, 2.05) is 18.2 Å². The minimum Gasteiger partial charge on any atom is -0.493 e. The summed E-state index contributed by atoms with van der Waals surface area (Å²) in [6.07, 6.45) is 0.242. The summed E-state index contributed by atoms with van der Waals surface area (Å²) in [5.74, 6) is 0.432. The molecule has 1 amide bonds. The number of hydrogen-bond acceptors (Lipinski definition) is 6. The van der Waals surface area contributed by atoms with Gasteiger partial charge in [-0.15, -0.1) is 0 Å². The molecule has 0 saturated carbocycles. The zero-order valence-electron chi connectivity index (χ0n) is 15.2. The Morgan fingerprint density at radius 2 is 1.93 bits per heavy atom. The number of ether oxygens (including phenoxy) is 2. The molecule has 0 aliphatic carbocycles.